The van der Waals surface area contributed by atoms with E-state index in [2.05, 4.69) is 17.2 Å². The Morgan fingerprint density at radius 2 is 2.28 bits per heavy atom. The molecule has 18 heavy (non-hydrogen) atoms. The standard InChI is InChI=1S/C12H16N2O4/c1-4-7(2)14-12(17)13-6-9-5-10(11(15)16)8(3)18-9/h4-5,7H,1,6H2,2-3H3,(H,15,16)(H2,13,14,17). The summed E-state index contributed by atoms with van der Waals surface area (Å²) in [6.07, 6.45) is 1.60. The van der Waals surface area contributed by atoms with Crippen molar-refractivity contribution in [2.24, 2.45) is 0 Å². The summed E-state index contributed by atoms with van der Waals surface area (Å²) < 4.78 is 5.21. The minimum Gasteiger partial charge on any atom is -0.478 e. The van der Waals surface area contributed by atoms with Crippen LogP contribution in [-0.2, 0) is 6.54 Å². The predicted molar refractivity (Wildman–Crippen MR) is 65.4 cm³/mol. The molecule has 0 radical (unpaired) electrons. The van der Waals surface area contributed by atoms with Crippen LogP contribution in [0, 0.1) is 6.92 Å². The molecule has 0 aliphatic carbocycles. The summed E-state index contributed by atoms with van der Waals surface area (Å²) in [6, 6.07) is 0.890. The number of urea groups is 1. The highest BCUT2D eigenvalue weighted by Crippen LogP contribution is 2.14. The van der Waals surface area contributed by atoms with Crippen molar-refractivity contribution in [1.29, 1.82) is 0 Å². The molecule has 6 nitrogen and oxygen atoms in total. The van der Waals surface area contributed by atoms with Crippen LogP contribution in [0.3, 0.4) is 0 Å². The van der Waals surface area contributed by atoms with Crippen LogP contribution in [0.25, 0.3) is 0 Å². The van der Waals surface area contributed by atoms with E-state index in [-0.39, 0.29) is 24.2 Å². The molecule has 0 saturated carbocycles. The summed E-state index contributed by atoms with van der Waals surface area (Å²) in [5.74, 6) is -0.335. The summed E-state index contributed by atoms with van der Waals surface area (Å²) in [4.78, 5) is 22.2. The van der Waals surface area contributed by atoms with Crippen molar-refractivity contribution in [3.63, 3.8) is 0 Å². The molecule has 1 heterocycles. The average Bonchev–Trinajstić information content (AvgIpc) is 2.68. The van der Waals surface area contributed by atoms with E-state index in [0.717, 1.165) is 0 Å². The molecule has 1 aromatic heterocycles. The lowest BCUT2D eigenvalue weighted by atomic mass is 10.2. The summed E-state index contributed by atoms with van der Waals surface area (Å²) in [5, 5.41) is 14.0. The van der Waals surface area contributed by atoms with Crippen LogP contribution in [0.5, 0.6) is 0 Å². The first-order chi connectivity index (χ1) is 8.43. The zero-order chi connectivity index (χ0) is 13.7. The molecular weight excluding hydrogens is 236 g/mol. The topological polar surface area (TPSA) is 91.6 Å². The number of amides is 2. The van der Waals surface area contributed by atoms with E-state index < -0.39 is 5.97 Å². The summed E-state index contributed by atoms with van der Waals surface area (Å²) in [6.45, 7) is 7.01. The molecule has 0 spiro atoms. The maximum absolute atomic E-state index is 11.4. The highest BCUT2D eigenvalue weighted by atomic mass is 16.4. The number of hydrogen-bond acceptors (Lipinski definition) is 3. The Morgan fingerprint density at radius 1 is 1.61 bits per heavy atom. The van der Waals surface area contributed by atoms with E-state index in [1.54, 1.807) is 19.9 Å². The van der Waals surface area contributed by atoms with Gasteiger partial charge in [-0.2, -0.15) is 0 Å². The zero-order valence-corrected chi connectivity index (χ0v) is 10.3. The molecule has 0 bridgehead atoms. The number of carboxylic acids is 1. The first-order valence-corrected chi connectivity index (χ1v) is 5.43. The fourth-order valence-corrected chi connectivity index (χ4v) is 1.33. The lowest BCUT2D eigenvalue weighted by Crippen LogP contribution is -2.39. The Bertz CT molecular complexity index is 465. The number of rotatable bonds is 5. The Morgan fingerprint density at radius 3 is 2.78 bits per heavy atom. The van der Waals surface area contributed by atoms with Gasteiger partial charge in [-0.05, 0) is 19.9 Å². The van der Waals surface area contributed by atoms with E-state index in [9.17, 15) is 9.59 Å². The van der Waals surface area contributed by atoms with Crippen molar-refractivity contribution >= 4 is 12.0 Å². The van der Waals surface area contributed by atoms with Crippen LogP contribution in [0.4, 0.5) is 4.79 Å². The van der Waals surface area contributed by atoms with Crippen molar-refractivity contribution in [1.82, 2.24) is 10.6 Å². The molecule has 0 aliphatic heterocycles. The van der Waals surface area contributed by atoms with Gasteiger partial charge >= 0.3 is 12.0 Å². The second kappa shape index (κ2) is 5.90. The van der Waals surface area contributed by atoms with Gasteiger partial charge in [-0.1, -0.05) is 6.08 Å². The molecule has 0 aliphatic rings. The van der Waals surface area contributed by atoms with Crippen molar-refractivity contribution in [2.45, 2.75) is 26.4 Å². The maximum Gasteiger partial charge on any atom is 0.339 e. The smallest absolute Gasteiger partial charge is 0.339 e. The Balaban J connectivity index is 2.54. The lowest BCUT2D eigenvalue weighted by Gasteiger charge is -2.09. The van der Waals surface area contributed by atoms with Gasteiger partial charge in [0.05, 0.1) is 6.54 Å². The Labute approximate surface area is 105 Å². The molecule has 0 fully saturated rings. The third kappa shape index (κ3) is 3.65. The van der Waals surface area contributed by atoms with Gasteiger partial charge in [0.15, 0.2) is 0 Å². The van der Waals surface area contributed by atoms with E-state index >= 15 is 0 Å². The van der Waals surface area contributed by atoms with Crippen LogP contribution in [-0.4, -0.2) is 23.1 Å². The van der Waals surface area contributed by atoms with Gasteiger partial charge in [0.2, 0.25) is 0 Å². The number of aromatic carboxylic acids is 1. The highest BCUT2D eigenvalue weighted by Gasteiger charge is 2.14. The average molecular weight is 252 g/mol. The van der Waals surface area contributed by atoms with Crippen LogP contribution in [0.1, 0.15) is 28.8 Å². The molecular formula is C12H16N2O4. The number of furan rings is 1. The van der Waals surface area contributed by atoms with Gasteiger partial charge in [0, 0.05) is 6.04 Å². The molecule has 3 N–H and O–H groups in total. The van der Waals surface area contributed by atoms with Crippen molar-refractivity contribution in [3.8, 4) is 0 Å². The predicted octanol–water partition coefficient (Wildman–Crippen LogP) is 1.66. The molecule has 1 atom stereocenters. The minimum atomic E-state index is -1.05. The van der Waals surface area contributed by atoms with Gasteiger partial charge in [-0.3, -0.25) is 0 Å². The lowest BCUT2D eigenvalue weighted by molar-refractivity contribution is 0.0695. The second-order valence-corrected chi connectivity index (χ2v) is 3.84. The van der Waals surface area contributed by atoms with Gasteiger partial charge in [-0.25, -0.2) is 9.59 Å². The van der Waals surface area contributed by atoms with Crippen molar-refractivity contribution in [3.05, 3.63) is 35.8 Å². The Kier molecular flexibility index (Phi) is 4.53. The van der Waals surface area contributed by atoms with Gasteiger partial charge in [-0.15, -0.1) is 6.58 Å². The fraction of sp³-hybridized carbons (Fsp3) is 0.333. The number of aryl methyl sites for hydroxylation is 1. The fourth-order valence-electron chi connectivity index (χ4n) is 1.33. The first-order valence-electron chi connectivity index (χ1n) is 5.43. The molecule has 1 aromatic rings. The van der Waals surface area contributed by atoms with Crippen LogP contribution in [0.2, 0.25) is 0 Å². The normalized spacial score (nSPS) is 11.7. The monoisotopic (exact) mass is 252 g/mol. The number of carboxylic acid groups (broad SMARTS) is 1. The van der Waals surface area contributed by atoms with E-state index in [4.69, 9.17) is 9.52 Å². The minimum absolute atomic E-state index is 0.103. The van der Waals surface area contributed by atoms with Gasteiger partial charge in [0.1, 0.15) is 17.1 Å². The molecule has 6 heteroatoms. The number of carbonyl (C=O) groups excluding carboxylic acids is 1. The summed E-state index contributed by atoms with van der Waals surface area (Å²) in [5.41, 5.74) is 0.103. The van der Waals surface area contributed by atoms with Crippen molar-refractivity contribution < 1.29 is 19.1 Å². The third-order valence-corrected chi connectivity index (χ3v) is 2.33. The first kappa shape index (κ1) is 13.8. The Hall–Kier alpha value is -2.24. The van der Waals surface area contributed by atoms with Gasteiger partial charge < -0.3 is 20.2 Å². The highest BCUT2D eigenvalue weighted by molar-refractivity contribution is 5.88. The molecule has 2 amide bonds. The SMILES string of the molecule is C=CC(C)NC(=O)NCc1cc(C(=O)O)c(C)o1. The second-order valence-electron chi connectivity index (χ2n) is 3.84. The zero-order valence-electron chi connectivity index (χ0n) is 10.3. The van der Waals surface area contributed by atoms with E-state index in [1.807, 2.05) is 0 Å². The maximum atomic E-state index is 11.4. The van der Waals surface area contributed by atoms with E-state index in [1.165, 1.54) is 6.07 Å². The third-order valence-electron chi connectivity index (χ3n) is 2.33. The molecule has 1 rings (SSSR count). The summed E-state index contributed by atoms with van der Waals surface area (Å²) in [7, 11) is 0. The van der Waals surface area contributed by atoms with Crippen molar-refractivity contribution in [2.75, 3.05) is 0 Å². The molecule has 0 saturated heterocycles. The molecule has 98 valence electrons. The number of carbonyl (C=O) groups is 2. The largest absolute Gasteiger partial charge is 0.478 e. The number of hydrogen-bond donors (Lipinski definition) is 3. The van der Waals surface area contributed by atoms with E-state index in [0.29, 0.717) is 11.5 Å². The quantitative estimate of drug-likeness (QED) is 0.695. The molecule has 1 unspecified atom stereocenters. The van der Waals surface area contributed by atoms with Crippen LogP contribution < -0.4 is 10.6 Å². The molecule has 0 aromatic carbocycles. The summed E-state index contributed by atoms with van der Waals surface area (Å²) >= 11 is 0. The van der Waals surface area contributed by atoms with Crippen LogP contribution in [0.15, 0.2) is 23.1 Å². The van der Waals surface area contributed by atoms with Crippen LogP contribution >= 0.6 is 0 Å². The van der Waals surface area contributed by atoms with Gasteiger partial charge in [0.25, 0.3) is 0 Å². The number of nitrogens with one attached hydrogen (secondary N) is 2.